The Kier molecular flexibility index (Phi) is 5.16. The van der Waals surface area contributed by atoms with E-state index in [9.17, 15) is 4.79 Å². The number of carbonyl (C=O) groups is 1. The molecule has 4 heteroatoms. The lowest BCUT2D eigenvalue weighted by Crippen LogP contribution is -2.46. The molecular formula is C11H17NO3. The maximum Gasteiger partial charge on any atom is 0.251 e. The number of nitrogens with one attached hydrogen (secondary N) is 1. The molecule has 1 heterocycles. The fraction of sp³-hybridized carbons (Fsp3) is 0.727. The van der Waals surface area contributed by atoms with Crippen LogP contribution < -0.4 is 5.32 Å². The zero-order valence-corrected chi connectivity index (χ0v) is 8.99. The van der Waals surface area contributed by atoms with Gasteiger partial charge < -0.3 is 14.8 Å². The van der Waals surface area contributed by atoms with Crippen LogP contribution in [0.2, 0.25) is 0 Å². The van der Waals surface area contributed by atoms with Crippen LogP contribution in [-0.2, 0) is 14.3 Å². The Balaban J connectivity index is 2.35. The van der Waals surface area contributed by atoms with Crippen molar-refractivity contribution < 1.29 is 14.3 Å². The summed E-state index contributed by atoms with van der Waals surface area (Å²) in [6.07, 6.45) is 6.10. The number of rotatable bonds is 4. The second-order valence-electron chi connectivity index (χ2n) is 3.46. The molecule has 0 aliphatic carbocycles. The van der Waals surface area contributed by atoms with Gasteiger partial charge in [0.2, 0.25) is 0 Å². The molecule has 0 aromatic rings. The highest BCUT2D eigenvalue weighted by Gasteiger charge is 2.23. The average molecular weight is 211 g/mol. The Morgan fingerprint density at radius 3 is 3.00 bits per heavy atom. The third-order valence-corrected chi connectivity index (χ3v) is 2.31. The molecule has 0 aromatic carbocycles. The van der Waals surface area contributed by atoms with E-state index < -0.39 is 6.10 Å². The lowest BCUT2D eigenvalue weighted by atomic mass is 10.1. The summed E-state index contributed by atoms with van der Waals surface area (Å²) in [4.78, 5) is 11.7. The van der Waals surface area contributed by atoms with Crippen LogP contribution in [-0.4, -0.2) is 37.9 Å². The van der Waals surface area contributed by atoms with Crippen LogP contribution in [0.4, 0.5) is 0 Å². The largest absolute Gasteiger partial charge is 0.376 e. The standard InChI is InChI=1S/C11H17NO3/c1-3-5-9(4-2)12-11(13)10-8-14-6-7-15-10/h1,9-10H,4-8H2,2H3,(H,12,13). The summed E-state index contributed by atoms with van der Waals surface area (Å²) < 4.78 is 10.4. The minimum atomic E-state index is -0.481. The first-order chi connectivity index (χ1) is 7.27. The molecule has 1 fully saturated rings. The van der Waals surface area contributed by atoms with Crippen molar-refractivity contribution in [3.8, 4) is 12.3 Å². The molecular weight excluding hydrogens is 194 g/mol. The molecule has 0 aromatic heterocycles. The van der Waals surface area contributed by atoms with Crippen LogP contribution in [0.15, 0.2) is 0 Å². The van der Waals surface area contributed by atoms with Crippen molar-refractivity contribution in [2.24, 2.45) is 0 Å². The van der Waals surface area contributed by atoms with Crippen LogP contribution in [0.25, 0.3) is 0 Å². The molecule has 2 unspecified atom stereocenters. The van der Waals surface area contributed by atoms with E-state index in [1.807, 2.05) is 6.92 Å². The van der Waals surface area contributed by atoms with E-state index in [1.165, 1.54) is 0 Å². The molecule has 1 N–H and O–H groups in total. The molecule has 0 spiro atoms. The van der Waals surface area contributed by atoms with E-state index in [4.69, 9.17) is 15.9 Å². The first-order valence-electron chi connectivity index (χ1n) is 5.21. The van der Waals surface area contributed by atoms with Gasteiger partial charge in [0.1, 0.15) is 0 Å². The smallest absolute Gasteiger partial charge is 0.251 e. The molecule has 84 valence electrons. The molecule has 15 heavy (non-hydrogen) atoms. The predicted molar refractivity (Wildman–Crippen MR) is 56.2 cm³/mol. The lowest BCUT2D eigenvalue weighted by Gasteiger charge is -2.24. The number of carbonyl (C=O) groups excluding carboxylic acids is 1. The van der Waals surface area contributed by atoms with E-state index in [0.29, 0.717) is 26.2 Å². The SMILES string of the molecule is C#CCC(CC)NC(=O)C1COCCO1. The molecule has 0 saturated carbocycles. The van der Waals surface area contributed by atoms with Gasteiger partial charge in [-0.1, -0.05) is 6.92 Å². The topological polar surface area (TPSA) is 47.6 Å². The van der Waals surface area contributed by atoms with Crippen LogP contribution >= 0.6 is 0 Å². The van der Waals surface area contributed by atoms with Crippen molar-refractivity contribution >= 4 is 5.91 Å². The normalized spacial score (nSPS) is 22.8. The van der Waals surface area contributed by atoms with Crippen LogP contribution in [0.3, 0.4) is 0 Å². The Morgan fingerprint density at radius 2 is 2.47 bits per heavy atom. The van der Waals surface area contributed by atoms with Crippen LogP contribution in [0.5, 0.6) is 0 Å². The van der Waals surface area contributed by atoms with Gasteiger partial charge in [0.15, 0.2) is 6.10 Å². The van der Waals surface area contributed by atoms with Crippen LogP contribution in [0.1, 0.15) is 19.8 Å². The maximum absolute atomic E-state index is 11.7. The summed E-state index contributed by atoms with van der Waals surface area (Å²) >= 11 is 0. The fourth-order valence-corrected chi connectivity index (χ4v) is 1.37. The minimum absolute atomic E-state index is 0.0352. The number of terminal acetylenes is 1. The van der Waals surface area contributed by atoms with E-state index >= 15 is 0 Å². The van der Waals surface area contributed by atoms with Gasteiger partial charge in [0, 0.05) is 12.5 Å². The highest BCUT2D eigenvalue weighted by atomic mass is 16.6. The molecule has 0 bridgehead atoms. The zero-order chi connectivity index (χ0) is 11.1. The Hall–Kier alpha value is -1.05. The Labute approximate surface area is 90.3 Å². The van der Waals surface area contributed by atoms with Crippen molar-refractivity contribution in [2.75, 3.05) is 19.8 Å². The third kappa shape index (κ3) is 3.90. The molecule has 1 aliphatic heterocycles. The molecule has 4 nitrogen and oxygen atoms in total. The molecule has 1 rings (SSSR count). The molecule has 1 aliphatic rings. The predicted octanol–water partition coefficient (Wildman–Crippen LogP) is 0.320. The van der Waals surface area contributed by atoms with E-state index in [1.54, 1.807) is 0 Å². The van der Waals surface area contributed by atoms with Gasteiger partial charge in [-0.3, -0.25) is 4.79 Å². The van der Waals surface area contributed by atoms with Crippen molar-refractivity contribution in [2.45, 2.75) is 31.9 Å². The first-order valence-corrected chi connectivity index (χ1v) is 5.21. The quantitative estimate of drug-likeness (QED) is 0.681. The highest BCUT2D eigenvalue weighted by molar-refractivity contribution is 5.81. The zero-order valence-electron chi connectivity index (χ0n) is 8.99. The van der Waals surface area contributed by atoms with Gasteiger partial charge in [0.25, 0.3) is 5.91 Å². The van der Waals surface area contributed by atoms with Crippen molar-refractivity contribution in [3.05, 3.63) is 0 Å². The number of hydrogen-bond donors (Lipinski definition) is 1. The lowest BCUT2D eigenvalue weighted by molar-refractivity contribution is -0.148. The minimum Gasteiger partial charge on any atom is -0.376 e. The molecule has 1 amide bonds. The third-order valence-electron chi connectivity index (χ3n) is 2.31. The molecule has 2 atom stereocenters. The summed E-state index contributed by atoms with van der Waals surface area (Å²) in [5.74, 6) is 2.41. The van der Waals surface area contributed by atoms with Gasteiger partial charge >= 0.3 is 0 Å². The molecule has 0 radical (unpaired) electrons. The van der Waals surface area contributed by atoms with Gasteiger partial charge in [-0.2, -0.15) is 0 Å². The first kappa shape index (κ1) is 12.0. The summed E-state index contributed by atoms with van der Waals surface area (Å²) in [7, 11) is 0. The Bertz CT molecular complexity index is 241. The molecule has 1 saturated heterocycles. The number of hydrogen-bond acceptors (Lipinski definition) is 3. The number of ether oxygens (including phenoxy) is 2. The van der Waals surface area contributed by atoms with Crippen molar-refractivity contribution in [3.63, 3.8) is 0 Å². The summed E-state index contributed by atoms with van der Waals surface area (Å²) in [5, 5.41) is 2.85. The van der Waals surface area contributed by atoms with Crippen molar-refractivity contribution in [1.82, 2.24) is 5.32 Å². The second-order valence-corrected chi connectivity index (χ2v) is 3.46. The number of amides is 1. The Morgan fingerprint density at radius 1 is 1.67 bits per heavy atom. The fourth-order valence-electron chi connectivity index (χ4n) is 1.37. The van der Waals surface area contributed by atoms with E-state index in [2.05, 4.69) is 11.2 Å². The van der Waals surface area contributed by atoms with Gasteiger partial charge in [-0.25, -0.2) is 0 Å². The summed E-state index contributed by atoms with van der Waals surface area (Å²) in [5.41, 5.74) is 0. The highest BCUT2D eigenvalue weighted by Crippen LogP contribution is 2.03. The monoisotopic (exact) mass is 211 g/mol. The van der Waals surface area contributed by atoms with Gasteiger partial charge in [-0.15, -0.1) is 12.3 Å². The van der Waals surface area contributed by atoms with Crippen LogP contribution in [0, 0.1) is 12.3 Å². The van der Waals surface area contributed by atoms with E-state index in [-0.39, 0.29) is 11.9 Å². The summed E-state index contributed by atoms with van der Waals surface area (Å²) in [6, 6.07) is 0.0352. The average Bonchev–Trinajstić information content (AvgIpc) is 2.29. The summed E-state index contributed by atoms with van der Waals surface area (Å²) in [6.45, 7) is 3.36. The van der Waals surface area contributed by atoms with Gasteiger partial charge in [0.05, 0.1) is 19.8 Å². The van der Waals surface area contributed by atoms with Gasteiger partial charge in [-0.05, 0) is 6.42 Å². The maximum atomic E-state index is 11.7. The van der Waals surface area contributed by atoms with Crippen molar-refractivity contribution in [1.29, 1.82) is 0 Å². The second kappa shape index (κ2) is 6.44. The van der Waals surface area contributed by atoms with E-state index in [0.717, 1.165) is 6.42 Å².